The van der Waals surface area contributed by atoms with Crippen LogP contribution in [-0.2, 0) is 4.74 Å². The zero-order valence-corrected chi connectivity index (χ0v) is 12.4. The predicted molar refractivity (Wildman–Crippen MR) is 75.8 cm³/mol. The molecule has 2 aliphatic rings. The first-order valence-corrected chi connectivity index (χ1v) is 7.58. The maximum Gasteiger partial charge on any atom is 0.0589 e. The average Bonchev–Trinajstić information content (AvgIpc) is 3.18. The van der Waals surface area contributed by atoms with Crippen molar-refractivity contribution in [1.82, 2.24) is 10.2 Å². The lowest BCUT2D eigenvalue weighted by Gasteiger charge is -2.41. The zero-order chi connectivity index (χ0) is 13.0. The molecule has 1 aliphatic heterocycles. The van der Waals surface area contributed by atoms with Crippen LogP contribution in [0.3, 0.4) is 0 Å². The molecule has 1 atom stereocenters. The summed E-state index contributed by atoms with van der Waals surface area (Å²) in [6.07, 6.45) is 5.49. The minimum atomic E-state index is 0.502. The lowest BCUT2D eigenvalue weighted by atomic mass is 9.80. The van der Waals surface area contributed by atoms with Crippen LogP contribution >= 0.6 is 0 Å². The Hall–Kier alpha value is -0.120. The van der Waals surface area contributed by atoms with Crippen molar-refractivity contribution in [2.24, 2.45) is 11.3 Å². The van der Waals surface area contributed by atoms with Gasteiger partial charge in [-0.3, -0.25) is 4.90 Å². The van der Waals surface area contributed by atoms with Gasteiger partial charge in [-0.05, 0) is 57.0 Å². The highest BCUT2D eigenvalue weighted by molar-refractivity contribution is 4.90. The van der Waals surface area contributed by atoms with Crippen molar-refractivity contribution in [3.8, 4) is 0 Å². The minimum Gasteiger partial charge on any atom is -0.383 e. The molecule has 0 aromatic rings. The molecule has 2 fully saturated rings. The van der Waals surface area contributed by atoms with Crippen LogP contribution in [0.15, 0.2) is 0 Å². The fourth-order valence-corrected chi connectivity index (χ4v) is 3.19. The normalized spacial score (nSPS) is 25.3. The molecule has 3 heteroatoms. The molecule has 1 saturated heterocycles. The van der Waals surface area contributed by atoms with Crippen LogP contribution in [0.1, 0.15) is 39.5 Å². The molecule has 0 spiro atoms. The highest BCUT2D eigenvalue weighted by Crippen LogP contribution is 2.37. The molecule has 1 heterocycles. The van der Waals surface area contributed by atoms with Crippen molar-refractivity contribution in [3.05, 3.63) is 0 Å². The molecule has 18 heavy (non-hydrogen) atoms. The van der Waals surface area contributed by atoms with E-state index >= 15 is 0 Å². The monoisotopic (exact) mass is 254 g/mol. The topological polar surface area (TPSA) is 24.5 Å². The van der Waals surface area contributed by atoms with Gasteiger partial charge in [0.15, 0.2) is 0 Å². The summed E-state index contributed by atoms with van der Waals surface area (Å²) >= 11 is 0. The third-order valence-corrected chi connectivity index (χ3v) is 4.86. The summed E-state index contributed by atoms with van der Waals surface area (Å²) in [7, 11) is 1.81. The Balaban J connectivity index is 1.89. The van der Waals surface area contributed by atoms with E-state index in [0.717, 1.165) is 25.1 Å². The lowest BCUT2D eigenvalue weighted by molar-refractivity contribution is 0.0641. The Morgan fingerprint density at radius 1 is 1.33 bits per heavy atom. The summed E-state index contributed by atoms with van der Waals surface area (Å²) in [6, 6.07) is 0.742. The highest BCUT2D eigenvalue weighted by Gasteiger charge is 2.36. The summed E-state index contributed by atoms with van der Waals surface area (Å²) < 4.78 is 5.29. The molecule has 1 aliphatic carbocycles. The van der Waals surface area contributed by atoms with Crippen LogP contribution in [0.5, 0.6) is 0 Å². The van der Waals surface area contributed by atoms with Crippen LogP contribution < -0.4 is 5.32 Å². The second-order valence-corrected chi connectivity index (χ2v) is 6.60. The van der Waals surface area contributed by atoms with Crippen LogP contribution in [0.25, 0.3) is 0 Å². The molecule has 2 rings (SSSR count). The van der Waals surface area contributed by atoms with E-state index in [1.165, 1.54) is 45.3 Å². The summed E-state index contributed by atoms with van der Waals surface area (Å²) in [5.41, 5.74) is 0.502. The number of ether oxygens (including phenoxy) is 1. The van der Waals surface area contributed by atoms with Crippen molar-refractivity contribution in [3.63, 3.8) is 0 Å². The van der Waals surface area contributed by atoms with Gasteiger partial charge < -0.3 is 10.1 Å². The predicted octanol–water partition coefficient (Wildman–Crippen LogP) is 2.12. The highest BCUT2D eigenvalue weighted by atomic mass is 16.5. The molecule has 0 aromatic carbocycles. The minimum absolute atomic E-state index is 0.502. The van der Waals surface area contributed by atoms with Crippen LogP contribution in [0.4, 0.5) is 0 Å². The van der Waals surface area contributed by atoms with Crippen molar-refractivity contribution in [1.29, 1.82) is 0 Å². The average molecular weight is 254 g/mol. The summed E-state index contributed by atoms with van der Waals surface area (Å²) in [5.74, 6) is 0.951. The summed E-state index contributed by atoms with van der Waals surface area (Å²) in [5, 5.41) is 3.48. The van der Waals surface area contributed by atoms with E-state index in [9.17, 15) is 0 Å². The third-order valence-electron chi connectivity index (χ3n) is 4.86. The second kappa shape index (κ2) is 6.36. The first-order chi connectivity index (χ1) is 8.64. The second-order valence-electron chi connectivity index (χ2n) is 6.60. The van der Waals surface area contributed by atoms with Gasteiger partial charge in [0, 0.05) is 26.2 Å². The van der Waals surface area contributed by atoms with E-state index in [-0.39, 0.29) is 0 Å². The van der Waals surface area contributed by atoms with Gasteiger partial charge in [-0.25, -0.2) is 0 Å². The summed E-state index contributed by atoms with van der Waals surface area (Å²) in [4.78, 5) is 2.69. The Morgan fingerprint density at radius 3 is 2.56 bits per heavy atom. The van der Waals surface area contributed by atoms with Crippen molar-refractivity contribution >= 4 is 0 Å². The van der Waals surface area contributed by atoms with Crippen LogP contribution in [0.2, 0.25) is 0 Å². The SMILES string of the molecule is COCCN(CC1(C)CCNCC1)C(C)C1CC1. The van der Waals surface area contributed by atoms with Gasteiger partial charge in [-0.2, -0.15) is 0 Å². The molecule has 1 unspecified atom stereocenters. The largest absolute Gasteiger partial charge is 0.383 e. The van der Waals surface area contributed by atoms with Gasteiger partial charge in [0.05, 0.1) is 6.61 Å². The standard InChI is InChI=1S/C15H30N2O/c1-13(14-4-5-14)17(10-11-18-3)12-15(2)6-8-16-9-7-15/h13-14,16H,4-12H2,1-3H3. The fourth-order valence-electron chi connectivity index (χ4n) is 3.19. The third kappa shape index (κ3) is 3.94. The number of piperidine rings is 1. The van der Waals surface area contributed by atoms with Gasteiger partial charge in [0.25, 0.3) is 0 Å². The van der Waals surface area contributed by atoms with Crippen molar-refractivity contribution in [2.45, 2.75) is 45.6 Å². The molecule has 0 amide bonds. The van der Waals surface area contributed by atoms with Gasteiger partial charge >= 0.3 is 0 Å². The Labute approximate surface area is 112 Å². The number of rotatable bonds is 7. The first-order valence-electron chi connectivity index (χ1n) is 7.58. The maximum atomic E-state index is 5.29. The molecule has 0 aromatic heterocycles. The van der Waals surface area contributed by atoms with E-state index in [4.69, 9.17) is 4.74 Å². The number of methoxy groups -OCH3 is 1. The summed E-state index contributed by atoms with van der Waals surface area (Å²) in [6.45, 7) is 10.5. The molecule has 0 radical (unpaired) electrons. The maximum absolute atomic E-state index is 5.29. The van der Waals surface area contributed by atoms with Crippen LogP contribution in [0, 0.1) is 11.3 Å². The molecule has 1 saturated carbocycles. The van der Waals surface area contributed by atoms with Crippen molar-refractivity contribution < 1.29 is 4.74 Å². The van der Waals surface area contributed by atoms with Gasteiger partial charge in [-0.15, -0.1) is 0 Å². The molecular weight excluding hydrogens is 224 g/mol. The number of nitrogens with zero attached hydrogens (tertiary/aromatic N) is 1. The fraction of sp³-hybridized carbons (Fsp3) is 1.00. The molecule has 1 N–H and O–H groups in total. The number of hydrogen-bond donors (Lipinski definition) is 1. The van der Waals surface area contributed by atoms with Crippen molar-refractivity contribution in [2.75, 3.05) is 39.9 Å². The van der Waals surface area contributed by atoms with E-state index in [0.29, 0.717) is 5.41 Å². The van der Waals surface area contributed by atoms with Gasteiger partial charge in [0.2, 0.25) is 0 Å². The van der Waals surface area contributed by atoms with Gasteiger partial charge in [-0.1, -0.05) is 6.92 Å². The molecule has 106 valence electrons. The molecular formula is C15H30N2O. The van der Waals surface area contributed by atoms with Gasteiger partial charge in [0.1, 0.15) is 0 Å². The van der Waals surface area contributed by atoms with E-state index in [1.807, 2.05) is 7.11 Å². The lowest BCUT2D eigenvalue weighted by Crippen LogP contribution is -2.47. The molecule has 3 nitrogen and oxygen atoms in total. The van der Waals surface area contributed by atoms with E-state index in [2.05, 4.69) is 24.1 Å². The van der Waals surface area contributed by atoms with E-state index < -0.39 is 0 Å². The Morgan fingerprint density at radius 2 is 2.00 bits per heavy atom. The zero-order valence-electron chi connectivity index (χ0n) is 12.4. The number of hydrogen-bond acceptors (Lipinski definition) is 3. The molecule has 0 bridgehead atoms. The first kappa shape index (κ1) is 14.3. The Bertz CT molecular complexity index is 247. The Kier molecular flexibility index (Phi) is 5.05. The number of nitrogens with one attached hydrogen (secondary N) is 1. The van der Waals surface area contributed by atoms with E-state index in [1.54, 1.807) is 0 Å². The smallest absolute Gasteiger partial charge is 0.0589 e. The van der Waals surface area contributed by atoms with Crippen LogP contribution in [-0.4, -0.2) is 50.8 Å². The quantitative estimate of drug-likeness (QED) is 0.753.